The lowest BCUT2D eigenvalue weighted by Crippen LogP contribution is -2.54. The highest BCUT2D eigenvalue weighted by atomic mass is 32.2. The monoisotopic (exact) mass is 228 g/mol. The third-order valence-electron chi connectivity index (χ3n) is 4.16. The fraction of sp³-hybridized carbons (Fsp3) is 1.00. The molecule has 2 fully saturated rings. The van der Waals surface area contributed by atoms with Gasteiger partial charge in [0.1, 0.15) is 0 Å². The van der Waals surface area contributed by atoms with Gasteiger partial charge < -0.3 is 5.73 Å². The van der Waals surface area contributed by atoms with Gasteiger partial charge in [-0.3, -0.25) is 4.90 Å². The van der Waals surface area contributed by atoms with Crippen molar-refractivity contribution in [2.45, 2.75) is 50.4 Å². The maximum atomic E-state index is 5.95. The highest BCUT2D eigenvalue weighted by Gasteiger charge is 2.36. The van der Waals surface area contributed by atoms with Crippen LogP contribution in [0.5, 0.6) is 0 Å². The third kappa shape index (κ3) is 2.34. The molecule has 2 saturated heterocycles. The van der Waals surface area contributed by atoms with Crippen molar-refractivity contribution in [3.63, 3.8) is 0 Å². The molecule has 0 aromatic heterocycles. The first-order valence-electron chi connectivity index (χ1n) is 6.31. The van der Waals surface area contributed by atoms with Crippen molar-refractivity contribution in [3.8, 4) is 0 Å². The fourth-order valence-corrected chi connectivity index (χ4v) is 4.48. The zero-order chi connectivity index (χ0) is 10.8. The average Bonchev–Trinajstić information content (AvgIpc) is 2.64. The maximum absolute atomic E-state index is 5.95. The van der Waals surface area contributed by atoms with E-state index in [4.69, 9.17) is 5.73 Å². The van der Waals surface area contributed by atoms with E-state index in [9.17, 15) is 0 Å². The Labute approximate surface area is 98.0 Å². The molecule has 0 bridgehead atoms. The second-order valence-electron chi connectivity index (χ2n) is 5.09. The maximum Gasteiger partial charge on any atom is 0.0247 e. The van der Waals surface area contributed by atoms with Gasteiger partial charge in [-0.05, 0) is 37.5 Å². The van der Waals surface area contributed by atoms with Crippen molar-refractivity contribution in [1.29, 1.82) is 0 Å². The van der Waals surface area contributed by atoms with E-state index in [0.29, 0.717) is 6.04 Å². The van der Waals surface area contributed by atoms with Crippen LogP contribution in [0.2, 0.25) is 0 Å². The van der Waals surface area contributed by atoms with E-state index in [-0.39, 0.29) is 0 Å². The summed E-state index contributed by atoms with van der Waals surface area (Å²) in [5, 5.41) is 0.810. The van der Waals surface area contributed by atoms with E-state index in [0.717, 1.165) is 23.8 Å². The van der Waals surface area contributed by atoms with E-state index in [1.165, 1.54) is 31.6 Å². The summed E-state index contributed by atoms with van der Waals surface area (Å²) < 4.78 is 0. The predicted octanol–water partition coefficient (Wildman–Crippen LogP) is 1.94. The van der Waals surface area contributed by atoms with E-state index < -0.39 is 0 Å². The van der Waals surface area contributed by atoms with Crippen molar-refractivity contribution < 1.29 is 0 Å². The van der Waals surface area contributed by atoms with Gasteiger partial charge in [-0.2, -0.15) is 11.8 Å². The number of thioether (sulfide) groups is 1. The molecule has 4 unspecified atom stereocenters. The Morgan fingerprint density at radius 3 is 2.73 bits per heavy atom. The molecule has 0 saturated carbocycles. The molecule has 2 aliphatic rings. The Bertz CT molecular complexity index is 208. The van der Waals surface area contributed by atoms with Crippen LogP contribution < -0.4 is 5.73 Å². The second-order valence-corrected chi connectivity index (χ2v) is 6.58. The molecule has 88 valence electrons. The van der Waals surface area contributed by atoms with Gasteiger partial charge in [0.05, 0.1) is 0 Å². The summed E-state index contributed by atoms with van der Waals surface area (Å²) in [4.78, 5) is 2.72. The molecule has 0 amide bonds. The van der Waals surface area contributed by atoms with Gasteiger partial charge in [0.25, 0.3) is 0 Å². The van der Waals surface area contributed by atoms with Gasteiger partial charge >= 0.3 is 0 Å². The minimum atomic E-state index is 0.643. The molecule has 2 rings (SSSR count). The van der Waals surface area contributed by atoms with E-state index in [1.807, 2.05) is 0 Å². The highest BCUT2D eigenvalue weighted by Crippen LogP contribution is 2.35. The van der Waals surface area contributed by atoms with Gasteiger partial charge in [-0.25, -0.2) is 0 Å². The molecular formula is C12H24N2S. The lowest BCUT2D eigenvalue weighted by Gasteiger charge is -2.44. The normalized spacial score (nSPS) is 43.4. The summed E-state index contributed by atoms with van der Waals surface area (Å²) >= 11 is 2.13. The largest absolute Gasteiger partial charge is 0.329 e. The number of hydrogen-bond donors (Lipinski definition) is 1. The van der Waals surface area contributed by atoms with Crippen LogP contribution in [0.15, 0.2) is 0 Å². The molecule has 2 heterocycles. The summed E-state index contributed by atoms with van der Waals surface area (Å²) in [6.45, 7) is 6.88. The first-order valence-corrected chi connectivity index (χ1v) is 7.36. The smallest absolute Gasteiger partial charge is 0.0247 e. The molecule has 0 aromatic rings. The third-order valence-corrected chi connectivity index (χ3v) is 5.47. The quantitative estimate of drug-likeness (QED) is 0.783. The van der Waals surface area contributed by atoms with Crippen molar-refractivity contribution in [1.82, 2.24) is 4.90 Å². The predicted molar refractivity (Wildman–Crippen MR) is 68.3 cm³/mol. The summed E-state index contributed by atoms with van der Waals surface area (Å²) in [6.07, 6.45) is 4.10. The Morgan fingerprint density at radius 1 is 1.33 bits per heavy atom. The number of likely N-dealkylation sites (tertiary alicyclic amines) is 1. The van der Waals surface area contributed by atoms with Crippen LogP contribution in [-0.4, -0.2) is 41.1 Å². The van der Waals surface area contributed by atoms with Crippen LogP contribution in [-0.2, 0) is 0 Å². The number of hydrogen-bond acceptors (Lipinski definition) is 3. The van der Waals surface area contributed by atoms with Crippen LogP contribution in [0.25, 0.3) is 0 Å². The highest BCUT2D eigenvalue weighted by molar-refractivity contribution is 8.00. The Kier molecular flexibility index (Phi) is 3.97. The Balaban J connectivity index is 2.04. The van der Waals surface area contributed by atoms with Crippen LogP contribution >= 0.6 is 11.8 Å². The summed E-state index contributed by atoms with van der Waals surface area (Å²) in [6, 6.07) is 1.44. The van der Waals surface area contributed by atoms with Crippen molar-refractivity contribution >= 4 is 11.8 Å². The first-order chi connectivity index (χ1) is 7.24. The van der Waals surface area contributed by atoms with E-state index in [1.54, 1.807) is 0 Å². The number of rotatable bonds is 2. The summed E-state index contributed by atoms with van der Waals surface area (Å²) in [5.41, 5.74) is 5.95. The van der Waals surface area contributed by atoms with Crippen molar-refractivity contribution in [3.05, 3.63) is 0 Å². The standard InChI is InChI=1S/C12H24N2S/c1-9-4-3-6-14(12(9)8-13)11-5-7-15-10(11)2/h9-12H,3-8,13H2,1-2H3. The number of nitrogens with zero attached hydrogens (tertiary/aromatic N) is 1. The van der Waals surface area contributed by atoms with Gasteiger partial charge in [0, 0.05) is 23.9 Å². The van der Waals surface area contributed by atoms with Gasteiger partial charge in [-0.15, -0.1) is 0 Å². The molecular weight excluding hydrogens is 204 g/mol. The molecule has 3 heteroatoms. The summed E-state index contributed by atoms with van der Waals surface area (Å²) in [7, 11) is 0. The molecule has 0 aromatic carbocycles. The van der Waals surface area contributed by atoms with Crippen LogP contribution in [0.4, 0.5) is 0 Å². The van der Waals surface area contributed by atoms with E-state index in [2.05, 4.69) is 30.5 Å². The average molecular weight is 228 g/mol. The van der Waals surface area contributed by atoms with Crippen molar-refractivity contribution in [2.24, 2.45) is 11.7 Å². The van der Waals surface area contributed by atoms with Crippen molar-refractivity contribution in [2.75, 3.05) is 18.8 Å². The molecule has 0 aliphatic carbocycles. The molecule has 2 N–H and O–H groups in total. The topological polar surface area (TPSA) is 29.3 Å². The van der Waals surface area contributed by atoms with Gasteiger partial charge in [-0.1, -0.05) is 13.8 Å². The minimum Gasteiger partial charge on any atom is -0.329 e. The molecule has 4 atom stereocenters. The fourth-order valence-electron chi connectivity index (χ4n) is 3.22. The number of nitrogens with two attached hydrogens (primary N) is 1. The minimum absolute atomic E-state index is 0.643. The number of piperidine rings is 1. The molecule has 0 spiro atoms. The van der Waals surface area contributed by atoms with Crippen LogP contribution in [0.3, 0.4) is 0 Å². The van der Waals surface area contributed by atoms with Gasteiger partial charge in [0.2, 0.25) is 0 Å². The van der Waals surface area contributed by atoms with E-state index >= 15 is 0 Å². The Morgan fingerprint density at radius 2 is 2.13 bits per heavy atom. The molecule has 2 nitrogen and oxygen atoms in total. The Hall–Kier alpha value is 0.270. The molecule has 2 aliphatic heterocycles. The van der Waals surface area contributed by atoms with Crippen LogP contribution in [0, 0.1) is 5.92 Å². The molecule has 15 heavy (non-hydrogen) atoms. The zero-order valence-corrected chi connectivity index (χ0v) is 10.8. The molecule has 0 radical (unpaired) electrons. The SMILES string of the molecule is CC1CCCN(C2CCSC2C)C1CN. The van der Waals surface area contributed by atoms with Crippen LogP contribution in [0.1, 0.15) is 33.1 Å². The van der Waals surface area contributed by atoms with Gasteiger partial charge in [0.15, 0.2) is 0 Å². The lowest BCUT2D eigenvalue weighted by molar-refractivity contribution is 0.0638. The summed E-state index contributed by atoms with van der Waals surface area (Å²) in [5.74, 6) is 2.13. The second kappa shape index (κ2) is 5.07. The zero-order valence-electron chi connectivity index (χ0n) is 9.98. The lowest BCUT2D eigenvalue weighted by atomic mass is 9.88. The first kappa shape index (κ1) is 11.7.